The van der Waals surface area contributed by atoms with Crippen molar-refractivity contribution in [2.45, 2.75) is 39.5 Å². The second-order valence-electron chi connectivity index (χ2n) is 4.40. The fourth-order valence-electron chi connectivity index (χ4n) is 1.93. The molecule has 2 aromatic rings. The molecule has 0 amide bonds. The minimum Gasteiger partial charge on any atom is -0.385 e. The number of anilines is 1. The van der Waals surface area contributed by atoms with Crippen LogP contribution in [-0.2, 0) is 0 Å². The quantitative estimate of drug-likeness (QED) is 0.756. The van der Waals surface area contributed by atoms with Crippen LogP contribution in [0, 0.1) is 6.92 Å². The summed E-state index contributed by atoms with van der Waals surface area (Å²) in [6, 6.07) is 6.44. The molecule has 0 atom stereocenters. The van der Waals surface area contributed by atoms with E-state index < -0.39 is 0 Å². The zero-order valence-electron chi connectivity index (χ0n) is 10.6. The molecule has 92 valence electrons. The van der Waals surface area contributed by atoms with Crippen molar-refractivity contribution < 1.29 is 0 Å². The Balaban J connectivity index is 1.90. The summed E-state index contributed by atoms with van der Waals surface area (Å²) in [6.45, 7) is 5.37. The van der Waals surface area contributed by atoms with E-state index >= 15 is 0 Å². The van der Waals surface area contributed by atoms with Crippen LogP contribution in [0.15, 0.2) is 18.2 Å². The van der Waals surface area contributed by atoms with Gasteiger partial charge in [0.1, 0.15) is 0 Å². The van der Waals surface area contributed by atoms with Gasteiger partial charge in [-0.25, -0.2) is 4.98 Å². The van der Waals surface area contributed by atoms with Crippen LogP contribution >= 0.6 is 11.3 Å². The molecule has 0 aliphatic rings. The molecule has 0 fully saturated rings. The number of hydrogen-bond donors (Lipinski definition) is 1. The van der Waals surface area contributed by atoms with Gasteiger partial charge in [-0.3, -0.25) is 0 Å². The van der Waals surface area contributed by atoms with Crippen LogP contribution in [0.5, 0.6) is 0 Å². The second kappa shape index (κ2) is 6.01. The fraction of sp³-hybridized carbons (Fsp3) is 0.500. The van der Waals surface area contributed by atoms with Crippen LogP contribution in [0.3, 0.4) is 0 Å². The van der Waals surface area contributed by atoms with Crippen LogP contribution in [0.4, 0.5) is 5.69 Å². The Morgan fingerprint density at radius 3 is 2.94 bits per heavy atom. The predicted molar refractivity (Wildman–Crippen MR) is 77.0 cm³/mol. The number of benzene rings is 1. The van der Waals surface area contributed by atoms with E-state index in [0.717, 1.165) is 17.1 Å². The Bertz CT molecular complexity index is 476. The van der Waals surface area contributed by atoms with Gasteiger partial charge in [0.05, 0.1) is 15.2 Å². The van der Waals surface area contributed by atoms with Gasteiger partial charge in [0, 0.05) is 12.2 Å². The van der Waals surface area contributed by atoms with E-state index in [2.05, 4.69) is 42.3 Å². The molecule has 1 aromatic carbocycles. The summed E-state index contributed by atoms with van der Waals surface area (Å²) in [4.78, 5) is 4.47. The Morgan fingerprint density at radius 2 is 2.12 bits per heavy atom. The highest BCUT2D eigenvalue weighted by Crippen LogP contribution is 2.24. The highest BCUT2D eigenvalue weighted by atomic mass is 32.1. The number of thiazole rings is 1. The van der Waals surface area contributed by atoms with Gasteiger partial charge in [0.2, 0.25) is 0 Å². The molecule has 3 heteroatoms. The molecular weight excluding hydrogens is 228 g/mol. The van der Waals surface area contributed by atoms with Crippen molar-refractivity contribution in [3.05, 3.63) is 23.2 Å². The van der Waals surface area contributed by atoms with E-state index in [9.17, 15) is 0 Å². The third-order valence-electron chi connectivity index (χ3n) is 2.85. The average molecular weight is 248 g/mol. The molecule has 1 N–H and O–H groups in total. The summed E-state index contributed by atoms with van der Waals surface area (Å²) < 4.78 is 1.28. The molecule has 0 spiro atoms. The van der Waals surface area contributed by atoms with E-state index in [1.165, 1.54) is 36.1 Å². The number of aryl methyl sites for hydroxylation is 1. The largest absolute Gasteiger partial charge is 0.385 e. The maximum Gasteiger partial charge on any atom is 0.0907 e. The standard InChI is InChI=1S/C14H20N2S/c1-3-4-5-6-9-15-12-7-8-13-14(10-12)17-11(2)16-13/h7-8,10,15H,3-6,9H2,1-2H3. The number of unbranched alkanes of at least 4 members (excludes halogenated alkanes) is 3. The first-order chi connectivity index (χ1) is 8.29. The van der Waals surface area contributed by atoms with Crippen LogP contribution in [0.2, 0.25) is 0 Å². The van der Waals surface area contributed by atoms with Gasteiger partial charge >= 0.3 is 0 Å². The number of fused-ring (bicyclic) bond motifs is 1. The maximum absolute atomic E-state index is 4.47. The molecule has 2 rings (SSSR count). The minimum atomic E-state index is 1.07. The van der Waals surface area contributed by atoms with Gasteiger partial charge in [-0.1, -0.05) is 26.2 Å². The summed E-state index contributed by atoms with van der Waals surface area (Å²) in [7, 11) is 0. The fourth-order valence-corrected chi connectivity index (χ4v) is 2.80. The van der Waals surface area contributed by atoms with E-state index in [1.54, 1.807) is 11.3 Å². The molecule has 0 bridgehead atoms. The molecule has 1 heterocycles. The molecule has 0 radical (unpaired) electrons. The number of aromatic nitrogens is 1. The first kappa shape index (κ1) is 12.4. The molecule has 0 aliphatic heterocycles. The van der Waals surface area contributed by atoms with E-state index in [0.29, 0.717) is 0 Å². The lowest BCUT2D eigenvalue weighted by Crippen LogP contribution is -2.00. The Morgan fingerprint density at radius 1 is 1.24 bits per heavy atom. The van der Waals surface area contributed by atoms with Gasteiger partial charge in [-0.15, -0.1) is 11.3 Å². The highest BCUT2D eigenvalue weighted by molar-refractivity contribution is 7.18. The predicted octanol–water partition coefficient (Wildman–Crippen LogP) is 4.60. The first-order valence-electron chi connectivity index (χ1n) is 6.40. The lowest BCUT2D eigenvalue weighted by atomic mass is 10.2. The van der Waals surface area contributed by atoms with Crippen LogP contribution in [-0.4, -0.2) is 11.5 Å². The normalized spacial score (nSPS) is 10.9. The summed E-state index contributed by atoms with van der Waals surface area (Å²) in [6.07, 6.45) is 5.22. The molecule has 0 unspecified atom stereocenters. The Hall–Kier alpha value is -1.09. The molecule has 1 aromatic heterocycles. The summed E-state index contributed by atoms with van der Waals surface area (Å²) >= 11 is 1.76. The van der Waals surface area contributed by atoms with Crippen molar-refractivity contribution in [1.82, 2.24) is 4.98 Å². The minimum absolute atomic E-state index is 1.07. The molecule has 2 nitrogen and oxygen atoms in total. The third-order valence-corrected chi connectivity index (χ3v) is 3.79. The van der Waals surface area contributed by atoms with Crippen LogP contribution in [0.25, 0.3) is 10.2 Å². The lowest BCUT2D eigenvalue weighted by Gasteiger charge is -2.05. The highest BCUT2D eigenvalue weighted by Gasteiger charge is 2.01. The van der Waals surface area contributed by atoms with Gasteiger partial charge in [0.15, 0.2) is 0 Å². The zero-order valence-corrected chi connectivity index (χ0v) is 11.4. The van der Waals surface area contributed by atoms with Crippen molar-refractivity contribution in [3.63, 3.8) is 0 Å². The van der Waals surface area contributed by atoms with Crippen LogP contribution < -0.4 is 5.32 Å². The summed E-state index contributed by atoms with van der Waals surface area (Å²) in [5, 5.41) is 4.62. The third kappa shape index (κ3) is 3.43. The van der Waals surface area contributed by atoms with Crippen molar-refractivity contribution in [1.29, 1.82) is 0 Å². The molecule has 0 aliphatic carbocycles. The van der Waals surface area contributed by atoms with Crippen molar-refractivity contribution in [2.24, 2.45) is 0 Å². The zero-order chi connectivity index (χ0) is 12.1. The van der Waals surface area contributed by atoms with Gasteiger partial charge in [-0.2, -0.15) is 0 Å². The summed E-state index contributed by atoms with van der Waals surface area (Å²) in [5.74, 6) is 0. The van der Waals surface area contributed by atoms with E-state index in [1.807, 2.05) is 0 Å². The maximum atomic E-state index is 4.47. The first-order valence-corrected chi connectivity index (χ1v) is 7.22. The van der Waals surface area contributed by atoms with Crippen molar-refractivity contribution in [2.75, 3.05) is 11.9 Å². The molecule has 0 saturated carbocycles. The SMILES string of the molecule is CCCCCCNc1ccc2nc(C)sc2c1. The molecule has 17 heavy (non-hydrogen) atoms. The number of nitrogens with one attached hydrogen (secondary N) is 1. The van der Waals surface area contributed by atoms with E-state index in [-0.39, 0.29) is 0 Å². The van der Waals surface area contributed by atoms with Crippen molar-refractivity contribution in [3.8, 4) is 0 Å². The Labute approximate surface area is 107 Å². The van der Waals surface area contributed by atoms with Gasteiger partial charge in [-0.05, 0) is 31.5 Å². The lowest BCUT2D eigenvalue weighted by molar-refractivity contribution is 0.685. The topological polar surface area (TPSA) is 24.9 Å². The van der Waals surface area contributed by atoms with Gasteiger partial charge < -0.3 is 5.32 Å². The van der Waals surface area contributed by atoms with Crippen molar-refractivity contribution >= 4 is 27.2 Å². The smallest absolute Gasteiger partial charge is 0.0907 e. The summed E-state index contributed by atoms with van der Waals surface area (Å²) in [5.41, 5.74) is 2.33. The number of hydrogen-bond acceptors (Lipinski definition) is 3. The number of nitrogens with zero attached hydrogens (tertiary/aromatic N) is 1. The average Bonchev–Trinajstić information content (AvgIpc) is 2.68. The van der Waals surface area contributed by atoms with Gasteiger partial charge in [0.25, 0.3) is 0 Å². The molecular formula is C14H20N2S. The number of rotatable bonds is 6. The second-order valence-corrected chi connectivity index (χ2v) is 5.64. The Kier molecular flexibility index (Phi) is 4.37. The molecule has 0 saturated heterocycles. The van der Waals surface area contributed by atoms with Crippen LogP contribution in [0.1, 0.15) is 37.6 Å². The monoisotopic (exact) mass is 248 g/mol. The van der Waals surface area contributed by atoms with E-state index in [4.69, 9.17) is 0 Å².